The van der Waals surface area contributed by atoms with Crippen LogP contribution in [-0.4, -0.2) is 30.1 Å². The lowest BCUT2D eigenvalue weighted by Crippen LogP contribution is -2.41. The van der Waals surface area contributed by atoms with E-state index in [1.165, 1.54) is 49.9 Å². The lowest BCUT2D eigenvalue weighted by Gasteiger charge is -2.37. The van der Waals surface area contributed by atoms with Crippen LogP contribution in [0.1, 0.15) is 76.0 Å². The normalized spacial score (nSPS) is 23.6. The van der Waals surface area contributed by atoms with Crippen molar-refractivity contribution in [2.75, 3.05) is 13.1 Å². The van der Waals surface area contributed by atoms with Crippen LogP contribution in [0.25, 0.3) is 0 Å². The summed E-state index contributed by atoms with van der Waals surface area (Å²) in [4.78, 5) is 2.70. The first-order chi connectivity index (χ1) is 14.8. The maximum absolute atomic E-state index is 6.41. The van der Waals surface area contributed by atoms with Crippen LogP contribution >= 0.6 is 0 Å². The first-order valence-electron chi connectivity index (χ1n) is 12.0. The van der Waals surface area contributed by atoms with Gasteiger partial charge in [-0.25, -0.2) is 0 Å². The van der Waals surface area contributed by atoms with Gasteiger partial charge in [0.15, 0.2) is 0 Å². The Morgan fingerprint density at radius 1 is 0.900 bits per heavy atom. The van der Waals surface area contributed by atoms with Crippen LogP contribution in [0.2, 0.25) is 0 Å². The molecule has 1 unspecified atom stereocenters. The van der Waals surface area contributed by atoms with E-state index in [-0.39, 0.29) is 6.10 Å². The molecule has 0 aromatic heterocycles. The molecule has 1 aliphatic heterocycles. The Bertz CT molecular complexity index is 777. The Morgan fingerprint density at radius 3 is 2.33 bits per heavy atom. The van der Waals surface area contributed by atoms with Crippen molar-refractivity contribution in [3.63, 3.8) is 0 Å². The highest BCUT2D eigenvalue weighted by Gasteiger charge is 2.27. The monoisotopic (exact) mass is 407 g/mol. The van der Waals surface area contributed by atoms with E-state index in [9.17, 15) is 0 Å². The lowest BCUT2D eigenvalue weighted by molar-refractivity contribution is 0.0874. The Hall–Kier alpha value is -2.00. The molecule has 0 bridgehead atoms. The van der Waals surface area contributed by atoms with Gasteiger partial charge in [0, 0.05) is 6.04 Å². The molecule has 162 valence electrons. The minimum absolute atomic E-state index is 0.162. The van der Waals surface area contributed by atoms with Crippen molar-refractivity contribution < 1.29 is 9.47 Å². The van der Waals surface area contributed by atoms with Crippen molar-refractivity contribution in [3.8, 4) is 11.5 Å². The SMILES string of the molecule is CCCN(CCC)C1CCC(Oc2ccc3c(c2)CCC(c2ccccc2)O3)CC1. The van der Waals surface area contributed by atoms with Crippen LogP contribution in [0, 0.1) is 0 Å². The molecule has 3 nitrogen and oxygen atoms in total. The van der Waals surface area contributed by atoms with E-state index in [1.54, 1.807) is 0 Å². The van der Waals surface area contributed by atoms with Crippen LogP contribution in [0.5, 0.6) is 11.5 Å². The predicted octanol–water partition coefficient (Wildman–Crippen LogP) is 6.56. The Labute approximate surface area is 182 Å². The second-order valence-corrected chi connectivity index (χ2v) is 8.91. The molecular formula is C27H37NO2. The molecule has 1 fully saturated rings. The van der Waals surface area contributed by atoms with Crippen LogP contribution in [0.4, 0.5) is 0 Å². The maximum atomic E-state index is 6.41. The summed E-state index contributed by atoms with van der Waals surface area (Å²) in [5.74, 6) is 2.03. The van der Waals surface area contributed by atoms with E-state index >= 15 is 0 Å². The first kappa shape index (κ1) is 21.2. The fourth-order valence-electron chi connectivity index (χ4n) is 5.11. The van der Waals surface area contributed by atoms with E-state index in [0.717, 1.165) is 43.2 Å². The summed E-state index contributed by atoms with van der Waals surface area (Å²) in [7, 11) is 0. The van der Waals surface area contributed by atoms with Crippen molar-refractivity contribution in [1.29, 1.82) is 0 Å². The molecule has 1 aliphatic carbocycles. The van der Waals surface area contributed by atoms with Gasteiger partial charge in [-0.3, -0.25) is 0 Å². The smallest absolute Gasteiger partial charge is 0.124 e. The van der Waals surface area contributed by atoms with Crippen molar-refractivity contribution in [1.82, 2.24) is 4.90 Å². The van der Waals surface area contributed by atoms with Crippen LogP contribution in [0.15, 0.2) is 48.5 Å². The minimum Gasteiger partial charge on any atom is -0.490 e. The Morgan fingerprint density at radius 2 is 1.63 bits per heavy atom. The number of hydrogen-bond acceptors (Lipinski definition) is 3. The molecule has 1 atom stereocenters. The van der Waals surface area contributed by atoms with Crippen molar-refractivity contribution in [2.24, 2.45) is 0 Å². The molecule has 30 heavy (non-hydrogen) atoms. The van der Waals surface area contributed by atoms with Crippen LogP contribution in [-0.2, 0) is 6.42 Å². The Kier molecular flexibility index (Phi) is 7.33. The summed E-state index contributed by atoms with van der Waals surface area (Å²) in [5, 5.41) is 0. The second kappa shape index (κ2) is 10.3. The molecule has 2 aromatic carbocycles. The molecule has 3 heteroatoms. The number of nitrogens with zero attached hydrogens (tertiary/aromatic N) is 1. The van der Waals surface area contributed by atoms with E-state index in [1.807, 2.05) is 0 Å². The van der Waals surface area contributed by atoms with Crippen molar-refractivity contribution >= 4 is 0 Å². The minimum atomic E-state index is 0.162. The van der Waals surface area contributed by atoms with Gasteiger partial charge in [-0.2, -0.15) is 0 Å². The van der Waals surface area contributed by atoms with Crippen LogP contribution in [0.3, 0.4) is 0 Å². The molecule has 0 amide bonds. The highest BCUT2D eigenvalue weighted by molar-refractivity contribution is 5.42. The zero-order valence-corrected chi connectivity index (χ0v) is 18.7. The molecule has 0 spiro atoms. The average molecular weight is 408 g/mol. The molecule has 2 aliphatic rings. The fourth-order valence-corrected chi connectivity index (χ4v) is 5.11. The molecule has 0 saturated heterocycles. The summed E-state index contributed by atoms with van der Waals surface area (Å²) < 4.78 is 12.7. The number of benzene rings is 2. The van der Waals surface area contributed by atoms with Gasteiger partial charge >= 0.3 is 0 Å². The van der Waals surface area contributed by atoms with Gasteiger partial charge in [0.25, 0.3) is 0 Å². The average Bonchev–Trinajstić information content (AvgIpc) is 2.80. The standard InChI is InChI=1S/C27H37NO2/c1-3-18-28(19-4-2)23-11-13-24(14-12-23)29-25-15-17-27-22(20-25)10-16-26(30-27)21-8-6-5-7-9-21/h5-9,15,17,20,23-24,26H,3-4,10-14,16,18-19H2,1-2H3. The van der Waals surface area contributed by atoms with Gasteiger partial charge in [-0.05, 0) is 93.8 Å². The quantitative estimate of drug-likeness (QED) is 0.494. The van der Waals surface area contributed by atoms with Crippen molar-refractivity contribution in [3.05, 3.63) is 59.7 Å². The van der Waals surface area contributed by atoms with Gasteiger partial charge in [0.2, 0.25) is 0 Å². The summed E-state index contributed by atoms with van der Waals surface area (Å²) >= 11 is 0. The topological polar surface area (TPSA) is 21.7 Å². The molecule has 2 aromatic rings. The third-order valence-corrected chi connectivity index (χ3v) is 6.63. The third-order valence-electron chi connectivity index (χ3n) is 6.63. The number of ether oxygens (including phenoxy) is 2. The summed E-state index contributed by atoms with van der Waals surface area (Å²) in [6.45, 7) is 7.05. The largest absolute Gasteiger partial charge is 0.490 e. The molecule has 0 radical (unpaired) electrons. The molecule has 1 saturated carbocycles. The van der Waals surface area contributed by atoms with E-state index in [4.69, 9.17) is 9.47 Å². The highest BCUT2D eigenvalue weighted by Crippen LogP contribution is 2.37. The third kappa shape index (κ3) is 5.18. The number of hydrogen-bond donors (Lipinski definition) is 0. The summed E-state index contributed by atoms with van der Waals surface area (Å²) in [5.41, 5.74) is 2.55. The number of rotatable bonds is 8. The van der Waals surface area contributed by atoms with Crippen molar-refractivity contribution in [2.45, 2.75) is 83.5 Å². The zero-order chi connectivity index (χ0) is 20.8. The zero-order valence-electron chi connectivity index (χ0n) is 18.7. The van der Waals surface area contributed by atoms with Gasteiger partial charge in [0.1, 0.15) is 17.6 Å². The second-order valence-electron chi connectivity index (χ2n) is 8.91. The predicted molar refractivity (Wildman–Crippen MR) is 123 cm³/mol. The van der Waals surface area contributed by atoms with Crippen LogP contribution < -0.4 is 9.47 Å². The number of aryl methyl sites for hydroxylation is 1. The molecule has 4 rings (SSSR count). The maximum Gasteiger partial charge on any atom is 0.124 e. The van der Waals surface area contributed by atoms with Gasteiger partial charge < -0.3 is 14.4 Å². The summed E-state index contributed by atoms with van der Waals surface area (Å²) in [6.07, 6.45) is 9.93. The fraction of sp³-hybridized carbons (Fsp3) is 0.556. The first-order valence-corrected chi connectivity index (χ1v) is 12.0. The molecular weight excluding hydrogens is 370 g/mol. The molecule has 1 heterocycles. The van der Waals surface area contributed by atoms with E-state index in [2.05, 4.69) is 67.3 Å². The van der Waals surface area contributed by atoms with E-state index < -0.39 is 0 Å². The van der Waals surface area contributed by atoms with Gasteiger partial charge in [0.05, 0.1) is 6.10 Å². The lowest BCUT2D eigenvalue weighted by atomic mass is 9.91. The van der Waals surface area contributed by atoms with Gasteiger partial charge in [-0.1, -0.05) is 44.2 Å². The highest BCUT2D eigenvalue weighted by atomic mass is 16.5. The summed E-state index contributed by atoms with van der Waals surface area (Å²) in [6, 6.07) is 17.7. The van der Waals surface area contributed by atoms with Gasteiger partial charge in [-0.15, -0.1) is 0 Å². The number of fused-ring (bicyclic) bond motifs is 1. The van der Waals surface area contributed by atoms with E-state index in [0.29, 0.717) is 6.10 Å². The molecule has 0 N–H and O–H groups in total. The Balaban J connectivity index is 1.32.